The molecule has 0 saturated heterocycles. The van der Waals surface area contributed by atoms with Crippen molar-refractivity contribution < 1.29 is 9.47 Å². The molecule has 0 amide bonds. The molecule has 0 N–H and O–H groups in total. The van der Waals surface area contributed by atoms with Crippen molar-refractivity contribution >= 4 is 23.2 Å². The summed E-state index contributed by atoms with van der Waals surface area (Å²) in [6.07, 6.45) is 1.63. The molecule has 6 heteroatoms. The number of ether oxygens (including phenoxy) is 2. The van der Waals surface area contributed by atoms with Gasteiger partial charge in [-0.3, -0.25) is 0 Å². The summed E-state index contributed by atoms with van der Waals surface area (Å²) in [5.41, 5.74) is 0.530. The standard InChI is InChI=1S/C12H16Cl2N2O2/c1-3-17-12(18-4-2)9-8(13)10(14)16-11(15-9)7-5-6-7/h7,12H,3-6H2,1-2H3. The fraction of sp³-hybridized carbons (Fsp3) is 0.667. The molecule has 1 saturated carbocycles. The lowest BCUT2D eigenvalue weighted by atomic mass is 10.3. The molecule has 0 bridgehead atoms. The predicted octanol–water partition coefficient (Wildman–Crippen LogP) is 3.73. The molecule has 0 aromatic carbocycles. The van der Waals surface area contributed by atoms with Gasteiger partial charge < -0.3 is 9.47 Å². The lowest BCUT2D eigenvalue weighted by molar-refractivity contribution is -0.142. The number of nitrogens with zero attached hydrogens (tertiary/aromatic N) is 2. The lowest BCUT2D eigenvalue weighted by Gasteiger charge is -2.18. The molecule has 1 fully saturated rings. The van der Waals surface area contributed by atoms with Gasteiger partial charge in [0.25, 0.3) is 0 Å². The number of hydrogen-bond donors (Lipinski definition) is 0. The van der Waals surface area contributed by atoms with E-state index in [-0.39, 0.29) is 5.15 Å². The molecule has 1 aromatic rings. The average molecular weight is 291 g/mol. The van der Waals surface area contributed by atoms with E-state index in [2.05, 4.69) is 9.97 Å². The molecular weight excluding hydrogens is 275 g/mol. The maximum Gasteiger partial charge on any atom is 0.202 e. The third kappa shape index (κ3) is 3.12. The van der Waals surface area contributed by atoms with Gasteiger partial charge in [-0.1, -0.05) is 23.2 Å². The van der Waals surface area contributed by atoms with Crippen LogP contribution in [0.4, 0.5) is 0 Å². The van der Waals surface area contributed by atoms with Crippen molar-refractivity contribution in [2.75, 3.05) is 13.2 Å². The largest absolute Gasteiger partial charge is 0.347 e. The number of aromatic nitrogens is 2. The van der Waals surface area contributed by atoms with Crippen LogP contribution < -0.4 is 0 Å². The molecular formula is C12H16Cl2N2O2. The molecule has 1 aliphatic carbocycles. The Kier molecular flexibility index (Phi) is 4.78. The Morgan fingerprint density at radius 3 is 2.28 bits per heavy atom. The Hall–Kier alpha value is -0.420. The number of hydrogen-bond acceptors (Lipinski definition) is 4. The Labute approximate surface area is 117 Å². The first kappa shape index (κ1) is 14.0. The zero-order chi connectivity index (χ0) is 13.1. The molecule has 1 heterocycles. The predicted molar refractivity (Wildman–Crippen MR) is 70.0 cm³/mol. The van der Waals surface area contributed by atoms with Gasteiger partial charge in [-0.05, 0) is 26.7 Å². The SMILES string of the molecule is CCOC(OCC)c1nc(C2CC2)nc(Cl)c1Cl. The van der Waals surface area contributed by atoms with Crippen molar-refractivity contribution in [2.24, 2.45) is 0 Å². The maximum absolute atomic E-state index is 6.14. The first-order valence-corrected chi connectivity index (χ1v) is 6.89. The monoisotopic (exact) mass is 290 g/mol. The van der Waals surface area contributed by atoms with E-state index < -0.39 is 6.29 Å². The minimum absolute atomic E-state index is 0.271. The van der Waals surface area contributed by atoms with E-state index in [0.717, 1.165) is 18.7 Å². The highest BCUT2D eigenvalue weighted by atomic mass is 35.5. The molecule has 2 rings (SSSR count). The highest BCUT2D eigenvalue weighted by molar-refractivity contribution is 6.41. The van der Waals surface area contributed by atoms with Gasteiger partial charge in [0.2, 0.25) is 6.29 Å². The minimum atomic E-state index is -0.578. The van der Waals surface area contributed by atoms with Crippen LogP contribution in [-0.4, -0.2) is 23.2 Å². The Balaban J connectivity index is 2.33. The van der Waals surface area contributed by atoms with Crippen molar-refractivity contribution in [1.82, 2.24) is 9.97 Å². The van der Waals surface area contributed by atoms with Crippen LogP contribution in [-0.2, 0) is 9.47 Å². The van der Waals surface area contributed by atoms with Gasteiger partial charge in [-0.25, -0.2) is 9.97 Å². The zero-order valence-corrected chi connectivity index (χ0v) is 12.0. The minimum Gasteiger partial charge on any atom is -0.347 e. The average Bonchev–Trinajstić information content (AvgIpc) is 3.16. The van der Waals surface area contributed by atoms with Gasteiger partial charge in [0.1, 0.15) is 16.5 Å². The summed E-state index contributed by atoms with van der Waals surface area (Å²) in [5.74, 6) is 1.14. The van der Waals surface area contributed by atoms with Crippen LogP contribution in [0.15, 0.2) is 0 Å². The Morgan fingerprint density at radius 2 is 1.78 bits per heavy atom. The van der Waals surface area contributed by atoms with Gasteiger partial charge in [0, 0.05) is 19.1 Å². The normalized spacial score (nSPS) is 15.4. The second-order valence-corrected chi connectivity index (χ2v) is 4.82. The van der Waals surface area contributed by atoms with Crippen molar-refractivity contribution in [3.05, 3.63) is 21.7 Å². The van der Waals surface area contributed by atoms with Gasteiger partial charge >= 0.3 is 0 Å². The number of rotatable bonds is 6. The first-order chi connectivity index (χ1) is 8.67. The van der Waals surface area contributed by atoms with E-state index in [0.29, 0.717) is 29.8 Å². The topological polar surface area (TPSA) is 44.2 Å². The van der Waals surface area contributed by atoms with E-state index in [1.807, 2.05) is 13.8 Å². The van der Waals surface area contributed by atoms with Gasteiger partial charge in [-0.15, -0.1) is 0 Å². The van der Waals surface area contributed by atoms with Crippen LogP contribution in [0.2, 0.25) is 10.2 Å². The second kappa shape index (κ2) is 6.15. The Bertz CT molecular complexity index is 419. The van der Waals surface area contributed by atoms with Crippen molar-refractivity contribution in [1.29, 1.82) is 0 Å². The van der Waals surface area contributed by atoms with Crippen molar-refractivity contribution in [3.8, 4) is 0 Å². The molecule has 100 valence electrons. The highest BCUT2D eigenvalue weighted by Crippen LogP contribution is 2.40. The van der Waals surface area contributed by atoms with E-state index in [9.17, 15) is 0 Å². The molecule has 0 spiro atoms. The Morgan fingerprint density at radius 1 is 1.17 bits per heavy atom. The molecule has 0 unspecified atom stereocenters. The fourth-order valence-electron chi connectivity index (χ4n) is 1.64. The van der Waals surface area contributed by atoms with Crippen molar-refractivity contribution in [3.63, 3.8) is 0 Å². The van der Waals surface area contributed by atoms with E-state index in [1.165, 1.54) is 0 Å². The summed E-state index contributed by atoms with van der Waals surface area (Å²) in [5, 5.41) is 0.584. The smallest absolute Gasteiger partial charge is 0.202 e. The molecule has 0 atom stereocenters. The summed E-state index contributed by atoms with van der Waals surface area (Å²) in [6.45, 7) is 4.82. The highest BCUT2D eigenvalue weighted by Gasteiger charge is 2.30. The zero-order valence-electron chi connectivity index (χ0n) is 10.4. The number of halogens is 2. The molecule has 18 heavy (non-hydrogen) atoms. The fourth-order valence-corrected chi connectivity index (χ4v) is 2.00. The van der Waals surface area contributed by atoms with Crippen LogP contribution in [0, 0.1) is 0 Å². The van der Waals surface area contributed by atoms with Crippen LogP contribution in [0.25, 0.3) is 0 Å². The molecule has 1 aromatic heterocycles. The van der Waals surface area contributed by atoms with E-state index in [1.54, 1.807) is 0 Å². The summed E-state index contributed by atoms with van der Waals surface area (Å²) in [4.78, 5) is 8.66. The summed E-state index contributed by atoms with van der Waals surface area (Å²) < 4.78 is 11.0. The van der Waals surface area contributed by atoms with E-state index in [4.69, 9.17) is 32.7 Å². The van der Waals surface area contributed by atoms with Crippen LogP contribution in [0.5, 0.6) is 0 Å². The van der Waals surface area contributed by atoms with Gasteiger partial charge in [-0.2, -0.15) is 0 Å². The quantitative estimate of drug-likeness (QED) is 0.591. The second-order valence-electron chi connectivity index (χ2n) is 4.09. The third-order valence-electron chi connectivity index (χ3n) is 2.66. The molecule has 0 radical (unpaired) electrons. The lowest BCUT2D eigenvalue weighted by Crippen LogP contribution is -2.13. The summed E-state index contributed by atoms with van der Waals surface area (Å²) in [6, 6.07) is 0. The van der Waals surface area contributed by atoms with Crippen LogP contribution >= 0.6 is 23.2 Å². The van der Waals surface area contributed by atoms with Crippen LogP contribution in [0.1, 0.15) is 50.4 Å². The maximum atomic E-state index is 6.14. The third-order valence-corrected chi connectivity index (χ3v) is 3.40. The summed E-state index contributed by atoms with van der Waals surface area (Å²) >= 11 is 12.2. The summed E-state index contributed by atoms with van der Waals surface area (Å²) in [7, 11) is 0. The van der Waals surface area contributed by atoms with E-state index >= 15 is 0 Å². The van der Waals surface area contributed by atoms with Crippen LogP contribution in [0.3, 0.4) is 0 Å². The van der Waals surface area contributed by atoms with Crippen molar-refractivity contribution in [2.45, 2.75) is 38.9 Å². The van der Waals surface area contributed by atoms with Gasteiger partial charge in [0.05, 0.1) is 0 Å². The molecule has 0 aliphatic heterocycles. The molecule has 4 nitrogen and oxygen atoms in total. The molecule has 1 aliphatic rings. The van der Waals surface area contributed by atoms with Gasteiger partial charge in [0.15, 0.2) is 5.15 Å². The first-order valence-electron chi connectivity index (χ1n) is 6.13.